The van der Waals surface area contributed by atoms with Gasteiger partial charge in [-0.05, 0) is 41.6 Å². The van der Waals surface area contributed by atoms with Crippen LogP contribution in [0.5, 0.6) is 0 Å². The molecule has 0 radical (unpaired) electrons. The molecule has 1 aliphatic rings. The van der Waals surface area contributed by atoms with E-state index >= 15 is 0 Å². The van der Waals surface area contributed by atoms with Crippen LogP contribution < -0.4 is 4.90 Å². The molecular weight excluding hydrogens is 326 g/mol. The molecule has 1 atom stereocenters. The van der Waals surface area contributed by atoms with Gasteiger partial charge in [-0.2, -0.15) is 0 Å². The molecule has 0 N–H and O–H groups in total. The maximum atomic E-state index is 11.2. The van der Waals surface area contributed by atoms with E-state index in [-0.39, 0.29) is 16.7 Å². The van der Waals surface area contributed by atoms with Gasteiger partial charge in [0, 0.05) is 36.4 Å². The molecule has 0 aromatic carbocycles. The van der Waals surface area contributed by atoms with Gasteiger partial charge in [0.25, 0.3) is 0 Å². The Hall–Kier alpha value is -1.21. The van der Waals surface area contributed by atoms with Crippen molar-refractivity contribution >= 4 is 27.4 Å². The van der Waals surface area contributed by atoms with Crippen LogP contribution in [0.15, 0.2) is 16.7 Å². The highest BCUT2D eigenvalue weighted by Gasteiger charge is 2.35. The largest absolute Gasteiger partial charge is 0.383 e. The number of hydrogen-bond acceptors (Lipinski definition) is 5. The monoisotopic (exact) mass is 343 g/mol. The minimum absolute atomic E-state index is 0.0305. The zero-order valence-corrected chi connectivity index (χ0v) is 13.2. The summed E-state index contributed by atoms with van der Waals surface area (Å²) in [6, 6.07) is 1.74. The van der Waals surface area contributed by atoms with Crippen molar-refractivity contribution in [2.24, 2.45) is 5.92 Å². The van der Waals surface area contributed by atoms with E-state index in [0.717, 1.165) is 0 Å². The average Bonchev–Trinajstić information content (AvgIpc) is 3.24. The Balaban J connectivity index is 2.33. The number of hydrogen-bond donors (Lipinski definition) is 0. The Labute approximate surface area is 126 Å². The van der Waals surface area contributed by atoms with Crippen LogP contribution in [0.2, 0.25) is 0 Å². The molecule has 1 heterocycles. The van der Waals surface area contributed by atoms with Crippen LogP contribution >= 0.6 is 15.9 Å². The smallest absolute Gasteiger partial charge is 0.312 e. The van der Waals surface area contributed by atoms with Crippen molar-refractivity contribution in [1.29, 1.82) is 0 Å². The third kappa shape index (κ3) is 3.46. The van der Waals surface area contributed by atoms with Gasteiger partial charge in [0.1, 0.15) is 0 Å². The van der Waals surface area contributed by atoms with Gasteiger partial charge in [-0.1, -0.05) is 0 Å². The van der Waals surface area contributed by atoms with E-state index in [1.165, 1.54) is 18.9 Å². The molecule has 2 rings (SSSR count). The zero-order valence-electron chi connectivity index (χ0n) is 11.6. The molecule has 6 nitrogen and oxygen atoms in total. The Morgan fingerprint density at radius 3 is 2.90 bits per heavy atom. The summed E-state index contributed by atoms with van der Waals surface area (Å²) >= 11 is 3.23. The van der Waals surface area contributed by atoms with Crippen LogP contribution in [-0.4, -0.2) is 36.2 Å². The highest BCUT2D eigenvalue weighted by atomic mass is 79.9. The summed E-state index contributed by atoms with van der Waals surface area (Å²) in [6.45, 7) is 3.22. The second-order valence-electron chi connectivity index (χ2n) is 5.02. The van der Waals surface area contributed by atoms with Gasteiger partial charge < -0.3 is 9.64 Å². The standard InChI is InChI=1S/C13H18BrN3O3/c1-9(10-3-4-10)16(5-6-20-2)13-12(17(18)19)7-11(14)8-15-13/h7-10H,3-6H2,1-2H3. The van der Waals surface area contributed by atoms with Crippen LogP contribution in [0, 0.1) is 16.0 Å². The fraction of sp³-hybridized carbons (Fsp3) is 0.615. The fourth-order valence-corrected chi connectivity index (χ4v) is 2.62. The predicted molar refractivity (Wildman–Crippen MR) is 80.0 cm³/mol. The van der Waals surface area contributed by atoms with Gasteiger partial charge in [0.15, 0.2) is 0 Å². The average molecular weight is 344 g/mol. The van der Waals surface area contributed by atoms with E-state index in [0.29, 0.717) is 29.4 Å². The van der Waals surface area contributed by atoms with Crippen molar-refractivity contribution < 1.29 is 9.66 Å². The minimum Gasteiger partial charge on any atom is -0.383 e. The van der Waals surface area contributed by atoms with Crippen molar-refractivity contribution in [3.8, 4) is 0 Å². The van der Waals surface area contributed by atoms with Gasteiger partial charge in [0.05, 0.1) is 11.5 Å². The van der Waals surface area contributed by atoms with Gasteiger partial charge in [-0.3, -0.25) is 10.1 Å². The lowest BCUT2D eigenvalue weighted by atomic mass is 10.1. The Morgan fingerprint density at radius 1 is 1.65 bits per heavy atom. The molecule has 1 aromatic rings. The predicted octanol–water partition coefficient (Wildman–Crippen LogP) is 3.00. The van der Waals surface area contributed by atoms with E-state index in [1.54, 1.807) is 13.3 Å². The second-order valence-corrected chi connectivity index (χ2v) is 5.93. The topological polar surface area (TPSA) is 68.5 Å². The van der Waals surface area contributed by atoms with E-state index in [4.69, 9.17) is 4.74 Å². The number of aromatic nitrogens is 1. The maximum Gasteiger partial charge on any atom is 0.312 e. The van der Waals surface area contributed by atoms with Crippen LogP contribution in [0.1, 0.15) is 19.8 Å². The van der Waals surface area contributed by atoms with Crippen molar-refractivity contribution in [2.45, 2.75) is 25.8 Å². The SMILES string of the molecule is COCCN(c1ncc(Br)cc1[N+](=O)[O-])C(C)C1CC1. The zero-order chi connectivity index (χ0) is 14.7. The molecule has 1 aliphatic carbocycles. The lowest BCUT2D eigenvalue weighted by Gasteiger charge is -2.29. The fourth-order valence-electron chi connectivity index (χ4n) is 2.30. The molecule has 1 aromatic heterocycles. The number of pyridine rings is 1. The number of nitro groups is 1. The molecule has 1 unspecified atom stereocenters. The molecule has 0 bridgehead atoms. The van der Waals surface area contributed by atoms with Gasteiger partial charge >= 0.3 is 5.69 Å². The Kier molecular flexibility index (Phi) is 4.93. The molecule has 0 saturated heterocycles. The summed E-state index contributed by atoms with van der Waals surface area (Å²) in [7, 11) is 1.63. The van der Waals surface area contributed by atoms with E-state index < -0.39 is 0 Å². The highest BCUT2D eigenvalue weighted by Crippen LogP contribution is 2.38. The van der Waals surface area contributed by atoms with Crippen molar-refractivity contribution in [3.63, 3.8) is 0 Å². The normalized spacial score (nSPS) is 15.9. The molecule has 1 fully saturated rings. The van der Waals surface area contributed by atoms with Crippen LogP contribution in [0.3, 0.4) is 0 Å². The van der Waals surface area contributed by atoms with Gasteiger partial charge in [0.2, 0.25) is 5.82 Å². The van der Waals surface area contributed by atoms with Gasteiger partial charge in [-0.15, -0.1) is 0 Å². The first-order chi connectivity index (χ1) is 9.54. The summed E-state index contributed by atoms with van der Waals surface area (Å²) in [5, 5.41) is 11.2. The van der Waals surface area contributed by atoms with Crippen LogP contribution in [0.25, 0.3) is 0 Å². The number of methoxy groups -OCH3 is 1. The Bertz CT molecular complexity index is 494. The van der Waals surface area contributed by atoms with Crippen molar-refractivity contribution in [1.82, 2.24) is 4.98 Å². The first-order valence-electron chi connectivity index (χ1n) is 6.60. The van der Waals surface area contributed by atoms with E-state index in [9.17, 15) is 10.1 Å². The molecule has 0 aliphatic heterocycles. The second kappa shape index (κ2) is 6.49. The molecule has 110 valence electrons. The molecule has 0 amide bonds. The number of rotatable bonds is 7. The molecule has 20 heavy (non-hydrogen) atoms. The number of nitrogens with zero attached hydrogens (tertiary/aromatic N) is 3. The van der Waals surface area contributed by atoms with Gasteiger partial charge in [-0.25, -0.2) is 4.98 Å². The minimum atomic E-state index is -0.382. The first kappa shape index (κ1) is 15.2. The number of anilines is 1. The van der Waals surface area contributed by atoms with Crippen molar-refractivity contribution in [2.75, 3.05) is 25.2 Å². The summed E-state index contributed by atoms with van der Waals surface area (Å²) in [6.07, 6.45) is 3.95. The van der Waals surface area contributed by atoms with Crippen LogP contribution in [0.4, 0.5) is 11.5 Å². The van der Waals surface area contributed by atoms with Crippen molar-refractivity contribution in [3.05, 3.63) is 26.9 Å². The number of halogens is 1. The van der Waals surface area contributed by atoms with E-state index in [1.807, 2.05) is 4.90 Å². The molecule has 1 saturated carbocycles. The third-order valence-corrected chi connectivity index (χ3v) is 4.05. The summed E-state index contributed by atoms with van der Waals surface area (Å²) < 4.78 is 5.73. The molecule has 0 spiro atoms. The third-order valence-electron chi connectivity index (χ3n) is 3.61. The van der Waals surface area contributed by atoms with Crippen LogP contribution in [-0.2, 0) is 4.74 Å². The maximum absolute atomic E-state index is 11.2. The summed E-state index contributed by atoms with van der Waals surface area (Å²) in [5.41, 5.74) is 0.0305. The molecule has 7 heteroatoms. The molecular formula is C13H18BrN3O3. The lowest BCUT2D eigenvalue weighted by Crippen LogP contribution is -2.38. The Morgan fingerprint density at radius 2 is 2.35 bits per heavy atom. The summed E-state index contributed by atoms with van der Waals surface area (Å²) in [4.78, 5) is 17.1. The summed E-state index contributed by atoms with van der Waals surface area (Å²) in [5.74, 6) is 1.02. The quantitative estimate of drug-likeness (QED) is 0.562. The first-order valence-corrected chi connectivity index (χ1v) is 7.39. The van der Waals surface area contributed by atoms with E-state index in [2.05, 4.69) is 27.8 Å². The number of ether oxygens (including phenoxy) is 1. The highest BCUT2D eigenvalue weighted by molar-refractivity contribution is 9.10. The lowest BCUT2D eigenvalue weighted by molar-refractivity contribution is -0.384.